The summed E-state index contributed by atoms with van der Waals surface area (Å²) >= 11 is 0. The molecule has 0 unspecified atom stereocenters. The largest absolute Gasteiger partial charge is 0.508 e. The Bertz CT molecular complexity index is 1100. The maximum atomic E-state index is 13.3. The van der Waals surface area contributed by atoms with Crippen molar-refractivity contribution in [3.8, 4) is 0 Å². The molecule has 2 aromatic rings. The smallest absolute Gasteiger partial charge is 0.431 e. The third-order valence-corrected chi connectivity index (χ3v) is 7.36. The van der Waals surface area contributed by atoms with Crippen LogP contribution in [0.3, 0.4) is 0 Å². The zero-order chi connectivity index (χ0) is 21.1. The van der Waals surface area contributed by atoms with E-state index in [1.165, 1.54) is 12.1 Å². The number of hydrogen-bond donors (Lipinski definition) is 0. The fraction of sp³-hybridized carbons (Fsp3) is 0.304. The van der Waals surface area contributed by atoms with E-state index in [1.54, 1.807) is 42.5 Å². The number of benzene rings is 2. The van der Waals surface area contributed by atoms with Gasteiger partial charge in [0.1, 0.15) is 12.7 Å². The van der Waals surface area contributed by atoms with Gasteiger partial charge in [-0.3, -0.25) is 4.79 Å². The fourth-order valence-electron chi connectivity index (χ4n) is 3.94. The number of ketones is 1. The summed E-state index contributed by atoms with van der Waals surface area (Å²) in [7, 11) is -4.02. The zero-order valence-electron chi connectivity index (χ0n) is 16.4. The van der Waals surface area contributed by atoms with Crippen LogP contribution in [-0.4, -0.2) is 33.1 Å². The minimum absolute atomic E-state index is 0.0276. The topological polar surface area (TPSA) is 86.7 Å². The Kier molecular flexibility index (Phi) is 5.72. The molecule has 1 fully saturated rings. The van der Waals surface area contributed by atoms with Crippen molar-refractivity contribution in [2.75, 3.05) is 6.61 Å². The van der Waals surface area contributed by atoms with Crippen LogP contribution in [0.4, 0.5) is 4.79 Å². The van der Waals surface area contributed by atoms with Gasteiger partial charge in [-0.1, -0.05) is 48.9 Å². The molecule has 1 aliphatic carbocycles. The van der Waals surface area contributed by atoms with E-state index >= 15 is 0 Å². The molecule has 2 aliphatic rings. The highest BCUT2D eigenvalue weighted by Gasteiger charge is 2.38. The van der Waals surface area contributed by atoms with E-state index in [4.69, 9.17) is 9.47 Å². The van der Waals surface area contributed by atoms with Crippen molar-refractivity contribution in [2.24, 2.45) is 0 Å². The Morgan fingerprint density at radius 3 is 2.33 bits per heavy atom. The Balaban J connectivity index is 1.67. The first-order valence-corrected chi connectivity index (χ1v) is 11.5. The van der Waals surface area contributed by atoms with Crippen LogP contribution >= 0.6 is 0 Å². The van der Waals surface area contributed by atoms with Gasteiger partial charge in [-0.25, -0.2) is 13.2 Å². The number of carbonyl (C=O) groups excluding carboxylic acids is 2. The molecule has 0 spiro atoms. The lowest BCUT2D eigenvalue weighted by Crippen LogP contribution is -2.26. The maximum absolute atomic E-state index is 13.3. The summed E-state index contributed by atoms with van der Waals surface area (Å²) < 4.78 is 37.1. The Morgan fingerprint density at radius 2 is 1.60 bits per heavy atom. The van der Waals surface area contributed by atoms with Crippen LogP contribution in [0, 0.1) is 0 Å². The molecule has 0 aromatic heterocycles. The van der Waals surface area contributed by atoms with Crippen molar-refractivity contribution in [3.63, 3.8) is 0 Å². The van der Waals surface area contributed by atoms with Crippen molar-refractivity contribution < 1.29 is 27.5 Å². The van der Waals surface area contributed by atoms with Gasteiger partial charge in [0.05, 0.1) is 9.80 Å². The van der Waals surface area contributed by atoms with Gasteiger partial charge in [-0.15, -0.1) is 0 Å². The normalized spacial score (nSPS) is 18.6. The van der Waals surface area contributed by atoms with Gasteiger partial charge < -0.3 is 9.47 Å². The molecule has 1 saturated carbocycles. The predicted octanol–water partition coefficient (Wildman–Crippen LogP) is 4.55. The lowest BCUT2D eigenvalue weighted by atomic mass is 9.96. The van der Waals surface area contributed by atoms with Gasteiger partial charge in [-0.2, -0.15) is 0 Å². The van der Waals surface area contributed by atoms with E-state index < -0.39 is 28.4 Å². The third-order valence-electron chi connectivity index (χ3n) is 5.45. The summed E-state index contributed by atoms with van der Waals surface area (Å²) in [5.74, 6) is -0.411. The van der Waals surface area contributed by atoms with Crippen molar-refractivity contribution in [1.82, 2.24) is 0 Å². The summed E-state index contributed by atoms with van der Waals surface area (Å²) in [6, 6.07) is 14.6. The lowest BCUT2D eigenvalue weighted by Gasteiger charge is -2.24. The molecule has 0 saturated heterocycles. The third kappa shape index (κ3) is 3.89. The number of hydrogen-bond acceptors (Lipinski definition) is 6. The van der Waals surface area contributed by atoms with Crippen molar-refractivity contribution >= 4 is 27.3 Å². The van der Waals surface area contributed by atoms with Gasteiger partial charge in [0, 0.05) is 11.1 Å². The van der Waals surface area contributed by atoms with Crippen molar-refractivity contribution in [3.05, 3.63) is 70.6 Å². The van der Waals surface area contributed by atoms with Crippen LogP contribution < -0.4 is 0 Å². The SMILES string of the molecule is O=C(OCC1=C(c2ccccc2)C(=O)c2ccccc2S1(=O)=O)OC1CCCCC1. The van der Waals surface area contributed by atoms with Crippen molar-refractivity contribution in [2.45, 2.75) is 43.1 Å². The van der Waals surface area contributed by atoms with E-state index in [2.05, 4.69) is 0 Å². The first-order chi connectivity index (χ1) is 14.5. The van der Waals surface area contributed by atoms with Gasteiger partial charge >= 0.3 is 6.16 Å². The van der Waals surface area contributed by atoms with Crippen LogP contribution in [0.2, 0.25) is 0 Å². The minimum atomic E-state index is -4.02. The quantitative estimate of drug-likeness (QED) is 0.667. The van der Waals surface area contributed by atoms with E-state index in [0.717, 1.165) is 32.1 Å². The standard InChI is InChI=1S/C23H22O6S/c24-22-18-13-7-8-14-19(18)30(26,27)20(21(22)16-9-3-1-4-10-16)15-28-23(25)29-17-11-5-2-6-12-17/h1,3-4,7-10,13-14,17H,2,5-6,11-12,15H2. The predicted molar refractivity (Wildman–Crippen MR) is 111 cm³/mol. The summed E-state index contributed by atoms with van der Waals surface area (Å²) in [5.41, 5.74) is 0.601. The van der Waals surface area contributed by atoms with Gasteiger partial charge in [-0.05, 0) is 43.4 Å². The summed E-state index contributed by atoms with van der Waals surface area (Å²) in [5, 5.41) is 0. The fourth-order valence-corrected chi connectivity index (χ4v) is 5.61. The highest BCUT2D eigenvalue weighted by molar-refractivity contribution is 7.95. The molecule has 30 heavy (non-hydrogen) atoms. The molecule has 0 radical (unpaired) electrons. The molecule has 0 bridgehead atoms. The molecule has 1 aliphatic heterocycles. The number of carbonyl (C=O) groups is 2. The first kappa shape index (κ1) is 20.3. The van der Waals surface area contributed by atoms with E-state index in [0.29, 0.717) is 5.56 Å². The van der Waals surface area contributed by atoms with Crippen LogP contribution in [-0.2, 0) is 19.3 Å². The number of Topliss-reactive ketones (excluding diaryl/α,β-unsaturated/α-hetero) is 1. The molecular formula is C23H22O6S. The van der Waals surface area contributed by atoms with Crippen LogP contribution in [0.5, 0.6) is 0 Å². The number of rotatable bonds is 4. The molecule has 4 rings (SSSR count). The van der Waals surface area contributed by atoms with E-state index in [-0.39, 0.29) is 27.0 Å². The van der Waals surface area contributed by atoms with E-state index in [9.17, 15) is 18.0 Å². The average molecular weight is 426 g/mol. The lowest BCUT2D eigenvalue weighted by molar-refractivity contribution is 0.0162. The molecule has 0 atom stereocenters. The Morgan fingerprint density at radius 1 is 0.933 bits per heavy atom. The summed E-state index contributed by atoms with van der Waals surface area (Å²) in [6.45, 7) is -0.557. The molecule has 2 aromatic carbocycles. The number of fused-ring (bicyclic) bond motifs is 1. The highest BCUT2D eigenvalue weighted by Crippen LogP contribution is 2.37. The van der Waals surface area contributed by atoms with Gasteiger partial charge in [0.25, 0.3) is 0 Å². The monoisotopic (exact) mass is 426 g/mol. The molecule has 156 valence electrons. The first-order valence-electron chi connectivity index (χ1n) is 9.99. The maximum Gasteiger partial charge on any atom is 0.508 e. The van der Waals surface area contributed by atoms with Crippen LogP contribution in [0.15, 0.2) is 64.4 Å². The highest BCUT2D eigenvalue weighted by atomic mass is 32.2. The van der Waals surface area contributed by atoms with Crippen LogP contribution in [0.1, 0.15) is 48.0 Å². The molecule has 6 nitrogen and oxygen atoms in total. The average Bonchev–Trinajstić information content (AvgIpc) is 2.76. The molecule has 0 N–H and O–H groups in total. The number of sulfone groups is 1. The zero-order valence-corrected chi connectivity index (χ0v) is 17.2. The molecule has 0 amide bonds. The van der Waals surface area contributed by atoms with Crippen molar-refractivity contribution in [1.29, 1.82) is 0 Å². The minimum Gasteiger partial charge on any atom is -0.431 e. The second-order valence-corrected chi connectivity index (χ2v) is 9.35. The summed E-state index contributed by atoms with van der Waals surface area (Å²) in [4.78, 5) is 25.1. The van der Waals surface area contributed by atoms with Gasteiger partial charge in [0.2, 0.25) is 9.84 Å². The molecule has 1 heterocycles. The van der Waals surface area contributed by atoms with E-state index in [1.807, 2.05) is 0 Å². The number of ether oxygens (including phenoxy) is 2. The second-order valence-electron chi connectivity index (χ2n) is 7.41. The van der Waals surface area contributed by atoms with Crippen LogP contribution in [0.25, 0.3) is 5.57 Å². The molecule has 7 heteroatoms. The molecular weight excluding hydrogens is 404 g/mol. The Labute approximate surface area is 175 Å². The van der Waals surface area contributed by atoms with Gasteiger partial charge in [0.15, 0.2) is 5.78 Å². The Hall–Kier alpha value is -2.93. The number of allylic oxidation sites excluding steroid dienone is 1. The second kappa shape index (κ2) is 8.44. The summed E-state index contributed by atoms with van der Waals surface area (Å²) in [6.07, 6.45) is 3.51.